The Morgan fingerprint density at radius 2 is 1.47 bits per heavy atom. The average molecular weight is 231 g/mol. The highest BCUT2D eigenvalue weighted by Crippen LogP contribution is 2.25. The van der Waals surface area contributed by atoms with Crippen molar-refractivity contribution in [2.24, 2.45) is 5.41 Å². The second kappa shape index (κ2) is 4.46. The summed E-state index contributed by atoms with van der Waals surface area (Å²) in [5.74, 6) is 0.723. The minimum Gasteiger partial charge on any atom is -0.300 e. The second-order valence-electron chi connectivity index (χ2n) is 6.44. The molecule has 0 aromatic heterocycles. The third kappa shape index (κ3) is 4.56. The van der Waals surface area contributed by atoms with Crippen LogP contribution >= 0.6 is 12.6 Å². The van der Waals surface area contributed by atoms with Crippen LogP contribution in [-0.4, -0.2) is 22.6 Å². The van der Waals surface area contributed by atoms with Crippen LogP contribution in [0.25, 0.3) is 0 Å². The van der Waals surface area contributed by atoms with E-state index in [1.54, 1.807) is 0 Å². The molecule has 1 N–H and O–H groups in total. The van der Waals surface area contributed by atoms with Crippen molar-refractivity contribution in [2.75, 3.05) is 5.75 Å². The maximum absolute atomic E-state index is 12.3. The fourth-order valence-corrected chi connectivity index (χ4v) is 2.05. The number of hydrogen-bond donors (Lipinski definition) is 2. The Hall–Kier alpha value is -0.0200. The number of nitrogens with one attached hydrogen (secondary N) is 1. The third-order valence-corrected chi connectivity index (χ3v) is 2.78. The summed E-state index contributed by atoms with van der Waals surface area (Å²) in [7, 11) is 0. The lowest BCUT2D eigenvalue weighted by atomic mass is 9.79. The van der Waals surface area contributed by atoms with Crippen LogP contribution in [0.3, 0.4) is 0 Å². The van der Waals surface area contributed by atoms with E-state index in [0.29, 0.717) is 5.75 Å². The van der Waals surface area contributed by atoms with Crippen LogP contribution in [0.5, 0.6) is 0 Å². The third-order valence-electron chi connectivity index (χ3n) is 2.15. The maximum atomic E-state index is 12.3. The minimum atomic E-state index is -0.556. The van der Waals surface area contributed by atoms with Crippen LogP contribution in [0, 0.1) is 5.41 Å². The molecular formula is C12H25NOS. The number of hydrogen-bond acceptors (Lipinski definition) is 3. The van der Waals surface area contributed by atoms with Gasteiger partial charge in [0.1, 0.15) is 0 Å². The van der Waals surface area contributed by atoms with Crippen molar-refractivity contribution < 1.29 is 4.79 Å². The zero-order valence-electron chi connectivity index (χ0n) is 11.1. The second-order valence-corrected chi connectivity index (χ2v) is 6.76. The quantitative estimate of drug-likeness (QED) is 0.731. The largest absolute Gasteiger partial charge is 0.300 e. The van der Waals surface area contributed by atoms with Crippen molar-refractivity contribution in [1.29, 1.82) is 0 Å². The van der Waals surface area contributed by atoms with E-state index in [9.17, 15) is 4.79 Å². The van der Waals surface area contributed by atoms with Gasteiger partial charge in [-0.2, -0.15) is 12.6 Å². The fourth-order valence-electron chi connectivity index (χ4n) is 1.82. The predicted molar refractivity (Wildman–Crippen MR) is 69.6 cm³/mol. The molecule has 0 saturated heterocycles. The molecule has 0 aromatic rings. The molecule has 0 heterocycles. The number of Topliss-reactive ketones (excluding diaryl/α,β-unsaturated/α-hetero) is 1. The summed E-state index contributed by atoms with van der Waals surface area (Å²) < 4.78 is 0. The molecule has 0 fully saturated rings. The molecule has 0 radical (unpaired) electrons. The topological polar surface area (TPSA) is 29.1 Å². The van der Waals surface area contributed by atoms with E-state index < -0.39 is 5.54 Å². The van der Waals surface area contributed by atoms with Gasteiger partial charge in [-0.3, -0.25) is 10.1 Å². The summed E-state index contributed by atoms with van der Waals surface area (Å²) in [6.07, 6.45) is 0. The first kappa shape index (κ1) is 15.0. The molecule has 0 aromatic carbocycles. The number of ketones is 1. The molecule has 1 atom stereocenters. The normalized spacial score (nSPS) is 17.3. The monoisotopic (exact) mass is 231 g/mol. The number of carbonyl (C=O) groups excluding carboxylic acids is 1. The van der Waals surface area contributed by atoms with Crippen LogP contribution < -0.4 is 5.32 Å². The first-order valence-electron chi connectivity index (χ1n) is 5.37. The van der Waals surface area contributed by atoms with Crippen molar-refractivity contribution in [1.82, 2.24) is 5.32 Å². The zero-order chi connectivity index (χ0) is 12.5. The van der Waals surface area contributed by atoms with Crippen LogP contribution in [0.15, 0.2) is 0 Å². The first-order valence-corrected chi connectivity index (χ1v) is 6.01. The van der Waals surface area contributed by atoms with Crippen molar-refractivity contribution in [3.8, 4) is 0 Å². The Morgan fingerprint density at radius 1 is 1.07 bits per heavy atom. The van der Waals surface area contributed by atoms with Gasteiger partial charge in [0.25, 0.3) is 0 Å². The minimum absolute atomic E-state index is 0.0849. The van der Waals surface area contributed by atoms with Gasteiger partial charge in [0, 0.05) is 16.7 Å². The molecule has 0 unspecified atom stereocenters. The van der Waals surface area contributed by atoms with Gasteiger partial charge < -0.3 is 0 Å². The molecular weight excluding hydrogens is 206 g/mol. The van der Waals surface area contributed by atoms with E-state index in [2.05, 4.69) is 38.7 Å². The van der Waals surface area contributed by atoms with Gasteiger partial charge >= 0.3 is 0 Å². The van der Waals surface area contributed by atoms with Gasteiger partial charge in [0.15, 0.2) is 5.78 Å². The smallest absolute Gasteiger partial charge is 0.158 e. The van der Waals surface area contributed by atoms with E-state index in [1.165, 1.54) is 0 Å². The van der Waals surface area contributed by atoms with Gasteiger partial charge in [-0.25, -0.2) is 0 Å². The zero-order valence-corrected chi connectivity index (χ0v) is 12.0. The van der Waals surface area contributed by atoms with E-state index >= 15 is 0 Å². The lowest BCUT2D eigenvalue weighted by molar-refractivity contribution is -0.132. The van der Waals surface area contributed by atoms with E-state index in [-0.39, 0.29) is 16.7 Å². The molecule has 0 amide bonds. The van der Waals surface area contributed by atoms with Crippen molar-refractivity contribution in [3.05, 3.63) is 0 Å². The van der Waals surface area contributed by atoms with Crippen LogP contribution in [-0.2, 0) is 4.79 Å². The molecule has 0 aliphatic carbocycles. The Kier molecular flexibility index (Phi) is 4.45. The highest BCUT2D eigenvalue weighted by atomic mass is 32.1. The van der Waals surface area contributed by atoms with Crippen LogP contribution in [0.2, 0.25) is 0 Å². The molecule has 2 nitrogen and oxygen atoms in total. The molecule has 0 saturated carbocycles. The lowest BCUT2D eigenvalue weighted by Gasteiger charge is -2.39. The summed E-state index contributed by atoms with van der Waals surface area (Å²) in [4.78, 5) is 12.3. The number of carbonyl (C=O) groups is 1. The fraction of sp³-hybridized carbons (Fsp3) is 0.917. The summed E-state index contributed by atoms with van der Waals surface area (Å²) in [5, 5.41) is 3.36. The summed E-state index contributed by atoms with van der Waals surface area (Å²) in [6.45, 7) is 13.9. The average Bonchev–Trinajstić information content (AvgIpc) is 1.98. The van der Waals surface area contributed by atoms with E-state index in [4.69, 9.17) is 0 Å². The molecule has 15 heavy (non-hydrogen) atoms. The van der Waals surface area contributed by atoms with Gasteiger partial charge in [-0.05, 0) is 27.7 Å². The maximum Gasteiger partial charge on any atom is 0.158 e. The molecule has 0 rings (SSSR count). The highest BCUT2D eigenvalue weighted by molar-refractivity contribution is 7.80. The molecule has 0 aliphatic heterocycles. The lowest BCUT2D eigenvalue weighted by Crippen LogP contribution is -2.61. The summed E-state index contributed by atoms with van der Waals surface area (Å²) in [6, 6.07) is 0. The highest BCUT2D eigenvalue weighted by Gasteiger charge is 2.40. The van der Waals surface area contributed by atoms with Crippen LogP contribution in [0.1, 0.15) is 48.5 Å². The SMILES string of the molecule is CC(C)(C)N[C@](C)(CS)C(=O)C(C)(C)C. The van der Waals surface area contributed by atoms with Gasteiger partial charge in [-0.1, -0.05) is 20.8 Å². The Labute approximate surface area is 99.6 Å². The first-order chi connectivity index (χ1) is 6.42. The standard InChI is InChI=1S/C12H25NOS/c1-10(2,3)9(14)12(7,8-15)13-11(4,5)6/h13,15H,8H2,1-7H3/t12-/m1/s1. The van der Waals surface area contributed by atoms with Crippen molar-refractivity contribution >= 4 is 18.4 Å². The van der Waals surface area contributed by atoms with E-state index in [0.717, 1.165) is 0 Å². The van der Waals surface area contributed by atoms with Gasteiger partial charge in [0.05, 0.1) is 5.54 Å². The van der Waals surface area contributed by atoms with Crippen molar-refractivity contribution in [3.63, 3.8) is 0 Å². The number of thiol groups is 1. The number of rotatable bonds is 3. The molecule has 0 bridgehead atoms. The molecule has 0 spiro atoms. The molecule has 0 aliphatic rings. The van der Waals surface area contributed by atoms with Crippen molar-refractivity contribution in [2.45, 2.75) is 59.5 Å². The molecule has 90 valence electrons. The Bertz CT molecular complexity index is 237. The summed E-state index contributed by atoms with van der Waals surface area (Å²) >= 11 is 4.30. The molecule has 3 heteroatoms. The van der Waals surface area contributed by atoms with Gasteiger partial charge in [0.2, 0.25) is 0 Å². The van der Waals surface area contributed by atoms with Crippen LogP contribution in [0.4, 0.5) is 0 Å². The Balaban J connectivity index is 4.95. The predicted octanol–water partition coefficient (Wildman–Crippen LogP) is 2.68. The Morgan fingerprint density at radius 3 is 1.67 bits per heavy atom. The van der Waals surface area contributed by atoms with E-state index in [1.807, 2.05) is 27.7 Å². The summed E-state index contributed by atoms with van der Waals surface area (Å²) in [5.41, 5.74) is -0.978. The van der Waals surface area contributed by atoms with Gasteiger partial charge in [-0.15, -0.1) is 0 Å².